The van der Waals surface area contributed by atoms with Crippen molar-refractivity contribution in [2.75, 3.05) is 13.1 Å². The summed E-state index contributed by atoms with van der Waals surface area (Å²) in [6, 6.07) is 2.23. The van der Waals surface area contributed by atoms with Gasteiger partial charge in [0.1, 0.15) is 0 Å². The van der Waals surface area contributed by atoms with Gasteiger partial charge in [0, 0.05) is 18.1 Å². The highest BCUT2D eigenvalue weighted by molar-refractivity contribution is 4.83. The molecule has 1 aliphatic carbocycles. The Morgan fingerprint density at radius 2 is 1.61 bits per heavy atom. The molecule has 0 spiro atoms. The van der Waals surface area contributed by atoms with Gasteiger partial charge >= 0.3 is 0 Å². The molecule has 106 valence electrons. The largest absolute Gasteiger partial charge is 0.311 e. The molecular formula is C16H32N2. The van der Waals surface area contributed by atoms with Crippen molar-refractivity contribution >= 4 is 0 Å². The summed E-state index contributed by atoms with van der Waals surface area (Å²) in [5, 5.41) is 3.93. The predicted molar refractivity (Wildman–Crippen MR) is 78.9 cm³/mol. The zero-order valence-electron chi connectivity index (χ0n) is 12.6. The van der Waals surface area contributed by atoms with E-state index in [0.717, 1.165) is 24.0 Å². The average Bonchev–Trinajstić information content (AvgIpc) is 2.77. The summed E-state index contributed by atoms with van der Waals surface area (Å²) in [5.74, 6) is 0.953. The maximum absolute atomic E-state index is 3.93. The van der Waals surface area contributed by atoms with Crippen LogP contribution in [-0.4, -0.2) is 36.1 Å². The van der Waals surface area contributed by atoms with Gasteiger partial charge in [0.05, 0.1) is 0 Å². The third kappa shape index (κ3) is 3.96. The number of nitrogens with zero attached hydrogens (tertiary/aromatic N) is 1. The summed E-state index contributed by atoms with van der Waals surface area (Å²) in [7, 11) is 0. The summed E-state index contributed by atoms with van der Waals surface area (Å²) in [6.07, 6.45) is 9.92. The minimum atomic E-state index is 0.719. The summed E-state index contributed by atoms with van der Waals surface area (Å²) in [6.45, 7) is 9.66. The van der Waals surface area contributed by atoms with Crippen LogP contribution in [0.2, 0.25) is 0 Å². The lowest BCUT2D eigenvalue weighted by atomic mass is 9.97. The molecule has 1 N–H and O–H groups in total. The molecule has 0 bridgehead atoms. The second-order valence-electron chi connectivity index (χ2n) is 6.76. The highest BCUT2D eigenvalue weighted by Gasteiger charge is 2.25. The topological polar surface area (TPSA) is 15.3 Å². The molecular weight excluding hydrogens is 220 g/mol. The first kappa shape index (κ1) is 14.3. The Morgan fingerprint density at radius 1 is 0.889 bits per heavy atom. The first-order valence-corrected chi connectivity index (χ1v) is 8.17. The Labute approximate surface area is 114 Å². The van der Waals surface area contributed by atoms with Crippen molar-refractivity contribution in [1.29, 1.82) is 0 Å². The highest BCUT2D eigenvalue weighted by atomic mass is 15.1. The van der Waals surface area contributed by atoms with Gasteiger partial charge in [-0.05, 0) is 71.9 Å². The molecule has 18 heavy (non-hydrogen) atoms. The molecule has 0 aromatic heterocycles. The minimum Gasteiger partial charge on any atom is -0.311 e. The second-order valence-corrected chi connectivity index (χ2v) is 6.76. The van der Waals surface area contributed by atoms with Gasteiger partial charge in [-0.25, -0.2) is 0 Å². The van der Waals surface area contributed by atoms with E-state index in [-0.39, 0.29) is 0 Å². The van der Waals surface area contributed by atoms with E-state index < -0.39 is 0 Å². The van der Waals surface area contributed by atoms with Crippen LogP contribution in [0.3, 0.4) is 0 Å². The van der Waals surface area contributed by atoms with E-state index in [2.05, 4.69) is 31.0 Å². The fourth-order valence-corrected chi connectivity index (χ4v) is 3.77. The Hall–Kier alpha value is -0.0800. The van der Waals surface area contributed by atoms with Gasteiger partial charge in [-0.15, -0.1) is 0 Å². The minimum absolute atomic E-state index is 0.719. The van der Waals surface area contributed by atoms with Crippen molar-refractivity contribution < 1.29 is 0 Å². The van der Waals surface area contributed by atoms with E-state index in [4.69, 9.17) is 0 Å². The van der Waals surface area contributed by atoms with Crippen molar-refractivity contribution in [2.24, 2.45) is 5.92 Å². The molecule has 2 atom stereocenters. The Bertz CT molecular complexity index is 233. The van der Waals surface area contributed by atoms with E-state index in [1.54, 1.807) is 0 Å². The van der Waals surface area contributed by atoms with Crippen molar-refractivity contribution in [1.82, 2.24) is 10.2 Å². The summed E-state index contributed by atoms with van der Waals surface area (Å²) in [4.78, 5) is 2.64. The van der Waals surface area contributed by atoms with Crippen LogP contribution >= 0.6 is 0 Å². The lowest BCUT2D eigenvalue weighted by Crippen LogP contribution is -2.41. The zero-order valence-corrected chi connectivity index (χ0v) is 12.6. The van der Waals surface area contributed by atoms with E-state index in [1.807, 2.05) is 0 Å². The number of likely N-dealkylation sites (tertiary alicyclic amines) is 1. The molecule has 0 radical (unpaired) electrons. The SMILES string of the molecule is CC(C)N1CCCC(N[C@@H](C)C2CCCC2)CC1. The molecule has 2 nitrogen and oxygen atoms in total. The van der Waals surface area contributed by atoms with Crippen molar-refractivity contribution in [3.05, 3.63) is 0 Å². The molecule has 1 unspecified atom stereocenters. The van der Waals surface area contributed by atoms with Gasteiger partial charge in [0.25, 0.3) is 0 Å². The smallest absolute Gasteiger partial charge is 0.00823 e. The van der Waals surface area contributed by atoms with Crippen LogP contribution in [0.5, 0.6) is 0 Å². The van der Waals surface area contributed by atoms with Crippen LogP contribution < -0.4 is 5.32 Å². The molecule has 0 aromatic carbocycles. The van der Waals surface area contributed by atoms with E-state index >= 15 is 0 Å². The number of hydrogen-bond donors (Lipinski definition) is 1. The van der Waals surface area contributed by atoms with E-state index in [9.17, 15) is 0 Å². The van der Waals surface area contributed by atoms with Gasteiger partial charge < -0.3 is 10.2 Å². The first-order valence-electron chi connectivity index (χ1n) is 8.17. The van der Waals surface area contributed by atoms with Gasteiger partial charge in [0.15, 0.2) is 0 Å². The normalized spacial score (nSPS) is 29.7. The van der Waals surface area contributed by atoms with Crippen molar-refractivity contribution in [3.8, 4) is 0 Å². The van der Waals surface area contributed by atoms with E-state index in [0.29, 0.717) is 0 Å². The van der Waals surface area contributed by atoms with Crippen LogP contribution in [0.4, 0.5) is 0 Å². The summed E-state index contributed by atoms with van der Waals surface area (Å²) < 4.78 is 0. The fraction of sp³-hybridized carbons (Fsp3) is 1.00. The van der Waals surface area contributed by atoms with Gasteiger partial charge in [-0.2, -0.15) is 0 Å². The molecule has 2 heteroatoms. The molecule has 2 aliphatic rings. The van der Waals surface area contributed by atoms with Crippen LogP contribution in [0.1, 0.15) is 65.7 Å². The zero-order chi connectivity index (χ0) is 13.0. The maximum atomic E-state index is 3.93. The monoisotopic (exact) mass is 252 g/mol. The quantitative estimate of drug-likeness (QED) is 0.825. The molecule has 0 aromatic rings. The lowest BCUT2D eigenvalue weighted by molar-refractivity contribution is 0.227. The lowest BCUT2D eigenvalue weighted by Gasteiger charge is -2.27. The van der Waals surface area contributed by atoms with Crippen molar-refractivity contribution in [2.45, 2.75) is 83.8 Å². The fourth-order valence-electron chi connectivity index (χ4n) is 3.77. The number of rotatable bonds is 4. The standard InChI is InChI=1S/C16H32N2/c1-13(2)18-11-6-9-16(10-12-18)17-14(3)15-7-4-5-8-15/h13-17H,4-12H2,1-3H3/t14-,16?/m0/s1. The highest BCUT2D eigenvalue weighted by Crippen LogP contribution is 2.28. The average molecular weight is 252 g/mol. The Balaban J connectivity index is 1.75. The Kier molecular flexibility index (Phi) is 5.50. The second kappa shape index (κ2) is 6.91. The van der Waals surface area contributed by atoms with E-state index in [1.165, 1.54) is 58.0 Å². The summed E-state index contributed by atoms with van der Waals surface area (Å²) in [5.41, 5.74) is 0. The molecule has 2 fully saturated rings. The molecule has 1 heterocycles. The van der Waals surface area contributed by atoms with Crippen LogP contribution in [-0.2, 0) is 0 Å². The maximum Gasteiger partial charge on any atom is 0.00823 e. The van der Waals surface area contributed by atoms with Crippen LogP contribution in [0, 0.1) is 5.92 Å². The summed E-state index contributed by atoms with van der Waals surface area (Å²) >= 11 is 0. The van der Waals surface area contributed by atoms with Gasteiger partial charge in [0.2, 0.25) is 0 Å². The molecule has 1 saturated carbocycles. The predicted octanol–water partition coefficient (Wildman–Crippen LogP) is 3.42. The Morgan fingerprint density at radius 3 is 2.28 bits per heavy atom. The number of hydrogen-bond acceptors (Lipinski definition) is 2. The third-order valence-corrected chi connectivity index (χ3v) is 5.10. The van der Waals surface area contributed by atoms with Gasteiger partial charge in [-0.1, -0.05) is 12.8 Å². The molecule has 2 rings (SSSR count). The third-order valence-electron chi connectivity index (χ3n) is 5.10. The molecule has 1 aliphatic heterocycles. The van der Waals surface area contributed by atoms with Crippen LogP contribution in [0.15, 0.2) is 0 Å². The van der Waals surface area contributed by atoms with Gasteiger partial charge in [-0.3, -0.25) is 0 Å². The molecule has 1 saturated heterocycles. The first-order chi connectivity index (χ1) is 8.66. The molecule has 0 amide bonds. The van der Waals surface area contributed by atoms with Crippen LogP contribution in [0.25, 0.3) is 0 Å². The van der Waals surface area contributed by atoms with Crippen molar-refractivity contribution in [3.63, 3.8) is 0 Å². The number of nitrogens with one attached hydrogen (secondary N) is 1.